The second kappa shape index (κ2) is 5.20. The van der Waals surface area contributed by atoms with Crippen molar-refractivity contribution in [3.63, 3.8) is 0 Å². The third-order valence-electron chi connectivity index (χ3n) is 3.51. The molecule has 0 spiro atoms. The van der Waals surface area contributed by atoms with Crippen molar-refractivity contribution in [2.75, 3.05) is 19.6 Å². The van der Waals surface area contributed by atoms with Gasteiger partial charge in [-0.15, -0.1) is 11.6 Å². The highest BCUT2D eigenvalue weighted by atomic mass is 35.5. The molecular weight excluding hydrogens is 218 g/mol. The van der Waals surface area contributed by atoms with Crippen molar-refractivity contribution in [3.05, 3.63) is 34.9 Å². The predicted octanol–water partition coefficient (Wildman–Crippen LogP) is 3.68. The van der Waals surface area contributed by atoms with E-state index in [1.165, 1.54) is 42.6 Å². The molecule has 0 radical (unpaired) electrons. The van der Waals surface area contributed by atoms with E-state index in [9.17, 15) is 0 Å². The minimum Gasteiger partial charge on any atom is -0.302 e. The highest BCUT2D eigenvalue weighted by Gasteiger charge is 2.17. The zero-order valence-electron chi connectivity index (χ0n) is 10.2. The molecule has 1 heterocycles. The van der Waals surface area contributed by atoms with Crippen LogP contribution in [-0.4, -0.2) is 24.5 Å². The third kappa shape index (κ3) is 2.78. The molecule has 1 saturated heterocycles. The lowest BCUT2D eigenvalue weighted by Crippen LogP contribution is -2.23. The van der Waals surface area contributed by atoms with Crippen LogP contribution in [0.2, 0.25) is 0 Å². The molecule has 1 aliphatic heterocycles. The Labute approximate surface area is 103 Å². The van der Waals surface area contributed by atoms with Crippen LogP contribution in [0.25, 0.3) is 0 Å². The van der Waals surface area contributed by atoms with Gasteiger partial charge in [-0.1, -0.05) is 18.2 Å². The second-order valence-electron chi connectivity index (χ2n) is 4.82. The highest BCUT2D eigenvalue weighted by Crippen LogP contribution is 2.25. The van der Waals surface area contributed by atoms with E-state index in [0.717, 1.165) is 6.54 Å². The summed E-state index contributed by atoms with van der Waals surface area (Å²) in [5.74, 6) is 0. The topological polar surface area (TPSA) is 3.24 Å². The Morgan fingerprint density at radius 3 is 2.50 bits per heavy atom. The molecule has 16 heavy (non-hydrogen) atoms. The van der Waals surface area contributed by atoms with Gasteiger partial charge in [0.05, 0.1) is 5.38 Å². The SMILES string of the molecule is Cc1ccc(C(Cl)CN2CCCC2)cc1C. The van der Waals surface area contributed by atoms with E-state index in [1.54, 1.807) is 0 Å². The summed E-state index contributed by atoms with van der Waals surface area (Å²) in [6.07, 6.45) is 2.66. The van der Waals surface area contributed by atoms with Crippen molar-refractivity contribution in [1.82, 2.24) is 4.90 Å². The van der Waals surface area contributed by atoms with Crippen molar-refractivity contribution in [1.29, 1.82) is 0 Å². The van der Waals surface area contributed by atoms with Gasteiger partial charge in [-0.25, -0.2) is 0 Å². The maximum atomic E-state index is 6.47. The van der Waals surface area contributed by atoms with Crippen molar-refractivity contribution < 1.29 is 0 Å². The van der Waals surface area contributed by atoms with Gasteiger partial charge in [0.2, 0.25) is 0 Å². The Balaban J connectivity index is 2.02. The molecule has 2 heteroatoms. The average Bonchev–Trinajstić information content (AvgIpc) is 2.74. The Kier molecular flexibility index (Phi) is 3.88. The Bertz CT molecular complexity index is 356. The molecule has 1 atom stereocenters. The molecule has 1 fully saturated rings. The summed E-state index contributed by atoms with van der Waals surface area (Å²) in [7, 11) is 0. The van der Waals surface area contributed by atoms with Gasteiger partial charge in [-0.05, 0) is 56.5 Å². The van der Waals surface area contributed by atoms with E-state index in [4.69, 9.17) is 11.6 Å². The van der Waals surface area contributed by atoms with Crippen LogP contribution < -0.4 is 0 Å². The van der Waals surface area contributed by atoms with Gasteiger partial charge in [-0.3, -0.25) is 0 Å². The zero-order chi connectivity index (χ0) is 11.5. The standard InChI is InChI=1S/C14H20ClN/c1-11-5-6-13(9-12(11)2)14(15)10-16-7-3-4-8-16/h5-6,9,14H,3-4,7-8,10H2,1-2H3. The lowest BCUT2D eigenvalue weighted by Gasteiger charge is -2.19. The third-order valence-corrected chi connectivity index (χ3v) is 3.90. The lowest BCUT2D eigenvalue weighted by molar-refractivity contribution is 0.339. The molecule has 2 rings (SSSR count). The molecule has 1 nitrogen and oxygen atoms in total. The van der Waals surface area contributed by atoms with Crippen molar-refractivity contribution in [2.24, 2.45) is 0 Å². The number of hydrogen-bond donors (Lipinski definition) is 0. The largest absolute Gasteiger partial charge is 0.302 e. The van der Waals surface area contributed by atoms with Gasteiger partial charge in [0.15, 0.2) is 0 Å². The number of alkyl halides is 1. The first kappa shape index (κ1) is 11.9. The van der Waals surface area contributed by atoms with Gasteiger partial charge in [0.1, 0.15) is 0 Å². The van der Waals surface area contributed by atoms with Gasteiger partial charge in [-0.2, -0.15) is 0 Å². The van der Waals surface area contributed by atoms with E-state index in [-0.39, 0.29) is 5.38 Å². The fourth-order valence-electron chi connectivity index (χ4n) is 2.26. The number of aryl methyl sites for hydroxylation is 2. The fraction of sp³-hybridized carbons (Fsp3) is 0.571. The van der Waals surface area contributed by atoms with E-state index >= 15 is 0 Å². The van der Waals surface area contributed by atoms with Crippen LogP contribution >= 0.6 is 11.6 Å². The molecule has 1 unspecified atom stereocenters. The molecule has 0 amide bonds. The molecule has 1 aromatic rings. The van der Waals surface area contributed by atoms with E-state index in [2.05, 4.69) is 36.9 Å². The van der Waals surface area contributed by atoms with Crippen LogP contribution in [0.4, 0.5) is 0 Å². The van der Waals surface area contributed by atoms with Crippen LogP contribution in [0.15, 0.2) is 18.2 Å². The monoisotopic (exact) mass is 237 g/mol. The smallest absolute Gasteiger partial charge is 0.0712 e. The molecule has 0 N–H and O–H groups in total. The summed E-state index contributed by atoms with van der Waals surface area (Å²) < 4.78 is 0. The van der Waals surface area contributed by atoms with Gasteiger partial charge < -0.3 is 4.90 Å². The zero-order valence-corrected chi connectivity index (χ0v) is 10.9. The first-order chi connectivity index (χ1) is 7.66. The molecular formula is C14H20ClN. The Morgan fingerprint density at radius 1 is 1.19 bits per heavy atom. The lowest BCUT2D eigenvalue weighted by atomic mass is 10.0. The van der Waals surface area contributed by atoms with Crippen LogP contribution in [0, 0.1) is 13.8 Å². The summed E-state index contributed by atoms with van der Waals surface area (Å²) in [5.41, 5.74) is 3.94. The number of likely N-dealkylation sites (tertiary alicyclic amines) is 1. The number of halogens is 1. The van der Waals surface area contributed by atoms with Crippen LogP contribution in [0.5, 0.6) is 0 Å². The molecule has 88 valence electrons. The molecule has 0 aromatic heterocycles. The molecule has 1 aliphatic rings. The number of rotatable bonds is 3. The Hall–Kier alpha value is -0.530. The van der Waals surface area contributed by atoms with E-state index in [0.29, 0.717) is 0 Å². The summed E-state index contributed by atoms with van der Waals surface area (Å²) in [4.78, 5) is 2.47. The molecule has 0 bridgehead atoms. The number of nitrogens with zero attached hydrogens (tertiary/aromatic N) is 1. The second-order valence-corrected chi connectivity index (χ2v) is 5.35. The summed E-state index contributed by atoms with van der Waals surface area (Å²) in [5, 5.41) is 0.136. The quantitative estimate of drug-likeness (QED) is 0.725. The van der Waals surface area contributed by atoms with Crippen molar-refractivity contribution in [3.8, 4) is 0 Å². The number of hydrogen-bond acceptors (Lipinski definition) is 1. The van der Waals surface area contributed by atoms with E-state index in [1.807, 2.05) is 0 Å². The van der Waals surface area contributed by atoms with Crippen molar-refractivity contribution >= 4 is 11.6 Å². The van der Waals surface area contributed by atoms with Crippen LogP contribution in [0.3, 0.4) is 0 Å². The maximum absolute atomic E-state index is 6.47. The Morgan fingerprint density at radius 2 is 1.88 bits per heavy atom. The fourth-order valence-corrected chi connectivity index (χ4v) is 2.59. The van der Waals surface area contributed by atoms with Gasteiger partial charge >= 0.3 is 0 Å². The van der Waals surface area contributed by atoms with Crippen molar-refractivity contribution in [2.45, 2.75) is 32.1 Å². The summed E-state index contributed by atoms with van der Waals surface area (Å²) in [6, 6.07) is 6.56. The molecule has 1 aromatic carbocycles. The first-order valence-electron chi connectivity index (χ1n) is 6.10. The maximum Gasteiger partial charge on any atom is 0.0712 e. The summed E-state index contributed by atoms with van der Waals surface area (Å²) in [6.45, 7) is 7.72. The van der Waals surface area contributed by atoms with Crippen LogP contribution in [0.1, 0.15) is 34.9 Å². The van der Waals surface area contributed by atoms with Crippen LogP contribution in [-0.2, 0) is 0 Å². The minimum atomic E-state index is 0.136. The number of benzene rings is 1. The van der Waals surface area contributed by atoms with E-state index < -0.39 is 0 Å². The molecule has 0 saturated carbocycles. The van der Waals surface area contributed by atoms with Gasteiger partial charge in [0.25, 0.3) is 0 Å². The minimum absolute atomic E-state index is 0.136. The van der Waals surface area contributed by atoms with Gasteiger partial charge in [0, 0.05) is 6.54 Å². The predicted molar refractivity (Wildman–Crippen MR) is 70.2 cm³/mol. The average molecular weight is 238 g/mol. The summed E-state index contributed by atoms with van der Waals surface area (Å²) >= 11 is 6.47. The highest BCUT2D eigenvalue weighted by molar-refractivity contribution is 6.21. The normalized spacial score (nSPS) is 18.9. The first-order valence-corrected chi connectivity index (χ1v) is 6.54. The molecule has 0 aliphatic carbocycles.